The lowest BCUT2D eigenvalue weighted by Crippen LogP contribution is -2.49. The molecule has 2 heterocycles. The van der Waals surface area contributed by atoms with Gasteiger partial charge in [-0.1, -0.05) is 53.8 Å². The summed E-state index contributed by atoms with van der Waals surface area (Å²) in [7, 11) is 2.13. The lowest BCUT2D eigenvalue weighted by molar-refractivity contribution is -0.118. The Hall–Kier alpha value is -2.28. The molecule has 0 radical (unpaired) electrons. The molecule has 0 spiro atoms. The first-order chi connectivity index (χ1) is 12.7. The molecule has 26 heavy (non-hydrogen) atoms. The molecular formula is C20H22N4OS. The van der Waals surface area contributed by atoms with Crippen LogP contribution in [0.5, 0.6) is 0 Å². The number of anilines is 1. The van der Waals surface area contributed by atoms with Crippen molar-refractivity contribution in [2.75, 3.05) is 38.5 Å². The van der Waals surface area contributed by atoms with Crippen LogP contribution in [0.2, 0.25) is 0 Å². The summed E-state index contributed by atoms with van der Waals surface area (Å²) in [4.78, 5) is 21.7. The van der Waals surface area contributed by atoms with E-state index in [1.54, 1.807) is 0 Å². The SMILES string of the molecule is CN1CCN(CC(=O)Nc2nc3ccccc3s2)C(c2ccccc2)C1. The Bertz CT molecular complexity index is 862. The van der Waals surface area contributed by atoms with Gasteiger partial charge in [0.1, 0.15) is 0 Å². The number of piperazine rings is 1. The summed E-state index contributed by atoms with van der Waals surface area (Å²) in [6.45, 7) is 3.16. The van der Waals surface area contributed by atoms with Gasteiger partial charge in [-0.3, -0.25) is 9.69 Å². The molecule has 1 saturated heterocycles. The van der Waals surface area contributed by atoms with Gasteiger partial charge in [0.2, 0.25) is 5.91 Å². The second kappa shape index (κ2) is 7.53. The topological polar surface area (TPSA) is 48.5 Å². The number of hydrogen-bond acceptors (Lipinski definition) is 5. The van der Waals surface area contributed by atoms with Gasteiger partial charge in [0.15, 0.2) is 5.13 Å². The Morgan fingerprint density at radius 3 is 2.73 bits per heavy atom. The standard InChI is InChI=1S/C20H22N4OS/c1-23-11-12-24(17(13-23)15-7-3-2-4-8-15)14-19(25)22-20-21-16-9-5-6-10-18(16)26-20/h2-10,17H,11-14H2,1H3,(H,21,22,25). The van der Waals surface area contributed by atoms with E-state index in [-0.39, 0.29) is 11.9 Å². The van der Waals surface area contributed by atoms with Gasteiger partial charge in [0.25, 0.3) is 0 Å². The Kier molecular flexibility index (Phi) is 4.97. The minimum absolute atomic E-state index is 0.00506. The Morgan fingerprint density at radius 2 is 1.92 bits per heavy atom. The van der Waals surface area contributed by atoms with Gasteiger partial charge >= 0.3 is 0 Å². The molecule has 1 amide bonds. The minimum atomic E-state index is -0.00506. The van der Waals surface area contributed by atoms with Gasteiger partial charge in [0, 0.05) is 25.7 Å². The summed E-state index contributed by atoms with van der Waals surface area (Å²) in [5.74, 6) is -0.00506. The molecule has 134 valence electrons. The number of rotatable bonds is 4. The van der Waals surface area contributed by atoms with E-state index in [0.717, 1.165) is 29.9 Å². The summed E-state index contributed by atoms with van der Waals surface area (Å²) >= 11 is 1.52. The van der Waals surface area contributed by atoms with Crippen LogP contribution < -0.4 is 5.32 Å². The summed E-state index contributed by atoms with van der Waals surface area (Å²) in [5.41, 5.74) is 2.18. The highest BCUT2D eigenvalue weighted by atomic mass is 32.1. The number of para-hydroxylation sites is 1. The van der Waals surface area contributed by atoms with E-state index in [1.165, 1.54) is 16.9 Å². The Morgan fingerprint density at radius 1 is 1.15 bits per heavy atom. The van der Waals surface area contributed by atoms with Crippen molar-refractivity contribution in [2.45, 2.75) is 6.04 Å². The van der Waals surface area contributed by atoms with Gasteiger partial charge in [-0.25, -0.2) is 4.98 Å². The number of aromatic nitrogens is 1. The zero-order valence-electron chi connectivity index (χ0n) is 14.8. The smallest absolute Gasteiger partial charge is 0.240 e. The van der Waals surface area contributed by atoms with E-state index in [4.69, 9.17) is 0 Å². The number of hydrogen-bond donors (Lipinski definition) is 1. The predicted molar refractivity (Wildman–Crippen MR) is 107 cm³/mol. The summed E-state index contributed by atoms with van der Waals surface area (Å²) < 4.78 is 1.09. The lowest BCUT2D eigenvalue weighted by Gasteiger charge is -2.39. The summed E-state index contributed by atoms with van der Waals surface area (Å²) in [6.07, 6.45) is 0. The fourth-order valence-electron chi connectivity index (χ4n) is 3.41. The summed E-state index contributed by atoms with van der Waals surface area (Å²) in [5, 5.41) is 3.64. The monoisotopic (exact) mass is 366 g/mol. The molecule has 2 aromatic carbocycles. The molecule has 1 aromatic heterocycles. The number of nitrogens with zero attached hydrogens (tertiary/aromatic N) is 3. The maximum atomic E-state index is 12.6. The van der Waals surface area contributed by atoms with Crippen molar-refractivity contribution in [1.29, 1.82) is 0 Å². The average molecular weight is 366 g/mol. The molecule has 0 saturated carbocycles. The Labute approximate surface area is 157 Å². The van der Waals surface area contributed by atoms with Crippen molar-refractivity contribution in [3.63, 3.8) is 0 Å². The van der Waals surface area contributed by atoms with E-state index in [2.05, 4.69) is 51.4 Å². The second-order valence-corrected chi connectivity index (χ2v) is 7.72. The van der Waals surface area contributed by atoms with E-state index in [1.807, 2.05) is 30.3 Å². The number of fused-ring (bicyclic) bond motifs is 1. The molecule has 0 bridgehead atoms. The average Bonchev–Trinajstić information content (AvgIpc) is 3.06. The van der Waals surface area contributed by atoms with E-state index >= 15 is 0 Å². The zero-order chi connectivity index (χ0) is 17.9. The number of thiazole rings is 1. The minimum Gasteiger partial charge on any atom is -0.303 e. The maximum Gasteiger partial charge on any atom is 0.240 e. The number of amides is 1. The van der Waals surface area contributed by atoms with Crippen molar-refractivity contribution >= 4 is 32.6 Å². The number of carbonyl (C=O) groups excluding carboxylic acids is 1. The largest absolute Gasteiger partial charge is 0.303 e. The first-order valence-corrected chi connectivity index (χ1v) is 9.63. The normalized spacial score (nSPS) is 18.9. The van der Waals surface area contributed by atoms with Crippen molar-refractivity contribution < 1.29 is 4.79 Å². The fraction of sp³-hybridized carbons (Fsp3) is 0.300. The van der Waals surface area contributed by atoms with Gasteiger partial charge in [0.05, 0.1) is 16.8 Å². The maximum absolute atomic E-state index is 12.6. The van der Waals surface area contributed by atoms with E-state index in [0.29, 0.717) is 11.7 Å². The highest BCUT2D eigenvalue weighted by Crippen LogP contribution is 2.27. The van der Waals surface area contributed by atoms with Crippen LogP contribution in [0.25, 0.3) is 10.2 Å². The van der Waals surface area contributed by atoms with E-state index < -0.39 is 0 Å². The first-order valence-electron chi connectivity index (χ1n) is 8.82. The second-order valence-electron chi connectivity index (χ2n) is 6.69. The van der Waals surface area contributed by atoms with Gasteiger partial charge < -0.3 is 10.2 Å². The molecular weight excluding hydrogens is 344 g/mol. The molecule has 1 aliphatic heterocycles. The van der Waals surface area contributed by atoms with Crippen LogP contribution >= 0.6 is 11.3 Å². The number of carbonyl (C=O) groups is 1. The predicted octanol–water partition coefficient (Wildman–Crippen LogP) is 3.22. The number of likely N-dealkylation sites (N-methyl/N-ethyl adjacent to an activating group) is 1. The third-order valence-corrected chi connectivity index (χ3v) is 5.72. The third kappa shape index (κ3) is 3.77. The van der Waals surface area contributed by atoms with Crippen molar-refractivity contribution in [2.24, 2.45) is 0 Å². The zero-order valence-corrected chi connectivity index (χ0v) is 15.6. The van der Waals surface area contributed by atoms with Crippen LogP contribution in [0.4, 0.5) is 5.13 Å². The highest BCUT2D eigenvalue weighted by Gasteiger charge is 2.28. The van der Waals surface area contributed by atoms with Gasteiger partial charge in [-0.2, -0.15) is 0 Å². The fourth-order valence-corrected chi connectivity index (χ4v) is 4.29. The van der Waals surface area contributed by atoms with Crippen LogP contribution in [-0.2, 0) is 4.79 Å². The van der Waals surface area contributed by atoms with Crippen LogP contribution in [0.1, 0.15) is 11.6 Å². The molecule has 3 aromatic rings. The van der Waals surface area contributed by atoms with Crippen LogP contribution in [0, 0.1) is 0 Å². The van der Waals surface area contributed by atoms with Gasteiger partial charge in [-0.15, -0.1) is 0 Å². The third-order valence-electron chi connectivity index (χ3n) is 4.77. The van der Waals surface area contributed by atoms with Crippen molar-refractivity contribution in [3.8, 4) is 0 Å². The Balaban J connectivity index is 1.46. The summed E-state index contributed by atoms with van der Waals surface area (Å²) in [6, 6.07) is 18.6. The van der Waals surface area contributed by atoms with Crippen molar-refractivity contribution in [3.05, 3.63) is 60.2 Å². The van der Waals surface area contributed by atoms with Crippen LogP contribution in [0.15, 0.2) is 54.6 Å². The van der Waals surface area contributed by atoms with Crippen LogP contribution in [0.3, 0.4) is 0 Å². The van der Waals surface area contributed by atoms with Gasteiger partial charge in [-0.05, 0) is 24.7 Å². The quantitative estimate of drug-likeness (QED) is 0.770. The molecule has 4 rings (SSSR count). The molecule has 0 aliphatic carbocycles. The molecule has 1 aliphatic rings. The molecule has 5 nitrogen and oxygen atoms in total. The molecule has 1 unspecified atom stereocenters. The molecule has 6 heteroatoms. The number of benzene rings is 2. The molecule has 1 atom stereocenters. The van der Waals surface area contributed by atoms with Crippen LogP contribution in [-0.4, -0.2) is 53.9 Å². The number of nitrogens with one attached hydrogen (secondary N) is 1. The van der Waals surface area contributed by atoms with E-state index in [9.17, 15) is 4.79 Å². The lowest BCUT2D eigenvalue weighted by atomic mass is 10.0. The highest BCUT2D eigenvalue weighted by molar-refractivity contribution is 7.22. The van der Waals surface area contributed by atoms with Crippen molar-refractivity contribution in [1.82, 2.24) is 14.8 Å². The molecule has 1 N–H and O–H groups in total. The molecule has 1 fully saturated rings. The first kappa shape index (κ1) is 17.1.